The van der Waals surface area contributed by atoms with Crippen LogP contribution in [0.25, 0.3) is 0 Å². The van der Waals surface area contributed by atoms with E-state index in [-0.39, 0.29) is 0 Å². The molecule has 1 saturated heterocycles. The zero-order chi connectivity index (χ0) is 14.6. The number of thiophene rings is 1. The fourth-order valence-electron chi connectivity index (χ4n) is 2.47. The first kappa shape index (κ1) is 15.9. The molecule has 0 bridgehead atoms. The van der Waals surface area contributed by atoms with E-state index in [1.54, 1.807) is 19.9 Å². The van der Waals surface area contributed by atoms with Crippen molar-refractivity contribution in [2.45, 2.75) is 26.3 Å². The largest absolute Gasteiger partial charge is 0.330 e. The molecule has 0 unspecified atom stereocenters. The second kappa shape index (κ2) is 7.00. The first-order chi connectivity index (χ1) is 9.57. The second-order valence-corrected chi connectivity index (χ2v) is 8.05. The molecule has 0 atom stereocenters. The van der Waals surface area contributed by atoms with Gasteiger partial charge >= 0.3 is 0 Å². The molecule has 1 aromatic heterocycles. The molecular weight excluding hydrogens is 294 g/mol. The second-order valence-electron chi connectivity index (χ2n) is 5.09. The molecular formula is C13H23N3O2S2. The molecule has 1 aliphatic heterocycles. The van der Waals surface area contributed by atoms with Crippen molar-refractivity contribution in [3.63, 3.8) is 0 Å². The molecule has 1 aromatic rings. The number of nitrogens with two attached hydrogens (primary N) is 1. The van der Waals surface area contributed by atoms with Gasteiger partial charge in [-0.05, 0) is 36.8 Å². The molecule has 1 aliphatic rings. The summed E-state index contributed by atoms with van der Waals surface area (Å²) < 4.78 is 28.5. The first-order valence-electron chi connectivity index (χ1n) is 7.05. The van der Waals surface area contributed by atoms with Gasteiger partial charge in [0, 0.05) is 31.1 Å². The Bertz CT molecular complexity index is 494. The van der Waals surface area contributed by atoms with Crippen LogP contribution in [-0.2, 0) is 16.8 Å². The lowest BCUT2D eigenvalue weighted by molar-refractivity contribution is 0.257. The van der Waals surface area contributed by atoms with Crippen molar-refractivity contribution in [1.82, 2.24) is 8.61 Å². The van der Waals surface area contributed by atoms with Gasteiger partial charge in [0.1, 0.15) is 0 Å². The molecule has 0 aliphatic carbocycles. The van der Waals surface area contributed by atoms with Crippen LogP contribution >= 0.6 is 11.3 Å². The summed E-state index contributed by atoms with van der Waals surface area (Å²) >= 11 is 1.59. The van der Waals surface area contributed by atoms with Crippen LogP contribution in [0.1, 0.15) is 24.6 Å². The Balaban J connectivity index is 2.04. The van der Waals surface area contributed by atoms with Gasteiger partial charge in [-0.3, -0.25) is 0 Å². The Morgan fingerprint density at radius 3 is 2.65 bits per heavy atom. The maximum absolute atomic E-state index is 12.7. The molecule has 0 amide bonds. The molecule has 2 rings (SSSR count). The predicted octanol–water partition coefficient (Wildman–Crippen LogP) is 1.49. The van der Waals surface area contributed by atoms with E-state index in [9.17, 15) is 8.42 Å². The number of hydrogen-bond donors (Lipinski definition) is 1. The molecule has 0 saturated carbocycles. The van der Waals surface area contributed by atoms with E-state index < -0.39 is 10.2 Å². The summed E-state index contributed by atoms with van der Waals surface area (Å²) in [4.78, 5) is 1.08. The van der Waals surface area contributed by atoms with Crippen LogP contribution in [0.15, 0.2) is 17.5 Å². The molecule has 2 heterocycles. The van der Waals surface area contributed by atoms with E-state index in [1.165, 1.54) is 0 Å². The molecule has 0 spiro atoms. The fraction of sp³-hybridized carbons (Fsp3) is 0.692. The highest BCUT2D eigenvalue weighted by Crippen LogP contribution is 2.22. The quantitative estimate of drug-likeness (QED) is 0.864. The smallest absolute Gasteiger partial charge is 0.282 e. The standard InChI is InChI=1S/C13H23N3O2S2/c1-2-15(11-13-4-3-9-19-13)20(17,18)16-7-5-12(10-14)6-8-16/h3-4,9,12H,2,5-8,10-11,14H2,1H3. The van der Waals surface area contributed by atoms with Gasteiger partial charge in [0.15, 0.2) is 0 Å². The SMILES string of the molecule is CCN(Cc1cccs1)S(=O)(=O)N1CCC(CN)CC1. The number of rotatable bonds is 6. The lowest BCUT2D eigenvalue weighted by Gasteiger charge is -2.34. The van der Waals surface area contributed by atoms with Gasteiger partial charge in [0.25, 0.3) is 10.2 Å². The van der Waals surface area contributed by atoms with Gasteiger partial charge in [-0.25, -0.2) is 0 Å². The Morgan fingerprint density at radius 1 is 1.45 bits per heavy atom. The van der Waals surface area contributed by atoms with Crippen LogP contribution in [0.2, 0.25) is 0 Å². The van der Waals surface area contributed by atoms with E-state index in [2.05, 4.69) is 0 Å². The zero-order valence-electron chi connectivity index (χ0n) is 11.9. The monoisotopic (exact) mass is 317 g/mol. The van der Waals surface area contributed by atoms with Gasteiger partial charge in [-0.1, -0.05) is 13.0 Å². The van der Waals surface area contributed by atoms with E-state index in [0.29, 0.717) is 38.6 Å². The van der Waals surface area contributed by atoms with Crippen LogP contribution in [-0.4, -0.2) is 43.2 Å². The van der Waals surface area contributed by atoms with Crippen molar-refractivity contribution in [2.75, 3.05) is 26.2 Å². The van der Waals surface area contributed by atoms with Crippen molar-refractivity contribution in [2.24, 2.45) is 11.7 Å². The summed E-state index contributed by atoms with van der Waals surface area (Å²) in [5, 5.41) is 1.97. The molecule has 5 nitrogen and oxygen atoms in total. The third-order valence-corrected chi connectivity index (χ3v) is 6.74. The van der Waals surface area contributed by atoms with Gasteiger partial charge in [0.05, 0.1) is 0 Å². The van der Waals surface area contributed by atoms with E-state index >= 15 is 0 Å². The van der Waals surface area contributed by atoms with Crippen LogP contribution in [0.3, 0.4) is 0 Å². The van der Waals surface area contributed by atoms with Crippen LogP contribution in [0, 0.1) is 5.92 Å². The van der Waals surface area contributed by atoms with Crippen molar-refractivity contribution in [3.8, 4) is 0 Å². The maximum Gasteiger partial charge on any atom is 0.282 e. The number of hydrogen-bond acceptors (Lipinski definition) is 4. The van der Waals surface area contributed by atoms with E-state index in [0.717, 1.165) is 17.7 Å². The van der Waals surface area contributed by atoms with Crippen LogP contribution < -0.4 is 5.73 Å². The Morgan fingerprint density at radius 2 is 2.15 bits per heavy atom. The molecule has 0 radical (unpaired) electrons. The molecule has 1 fully saturated rings. The van der Waals surface area contributed by atoms with Gasteiger partial charge < -0.3 is 5.73 Å². The minimum atomic E-state index is -3.35. The molecule has 114 valence electrons. The first-order valence-corrected chi connectivity index (χ1v) is 9.33. The third kappa shape index (κ3) is 3.59. The molecule has 0 aromatic carbocycles. The zero-order valence-corrected chi connectivity index (χ0v) is 13.5. The summed E-state index contributed by atoms with van der Waals surface area (Å²) in [5.41, 5.74) is 5.66. The number of piperidine rings is 1. The number of nitrogens with zero attached hydrogens (tertiary/aromatic N) is 2. The average Bonchev–Trinajstić information content (AvgIpc) is 2.97. The minimum absolute atomic E-state index is 0.466. The van der Waals surface area contributed by atoms with Crippen molar-refractivity contribution < 1.29 is 8.42 Å². The lowest BCUT2D eigenvalue weighted by Crippen LogP contribution is -2.47. The van der Waals surface area contributed by atoms with Crippen LogP contribution in [0.4, 0.5) is 0 Å². The minimum Gasteiger partial charge on any atom is -0.330 e. The molecule has 20 heavy (non-hydrogen) atoms. The highest BCUT2D eigenvalue weighted by Gasteiger charge is 2.31. The Hall–Kier alpha value is -0.470. The lowest BCUT2D eigenvalue weighted by atomic mass is 9.99. The fourth-order valence-corrected chi connectivity index (χ4v) is 4.90. The Kier molecular flexibility index (Phi) is 5.57. The summed E-state index contributed by atoms with van der Waals surface area (Å²) in [5.74, 6) is 0.467. The molecule has 2 N–H and O–H groups in total. The summed E-state index contributed by atoms with van der Waals surface area (Å²) in [6.45, 7) is 4.68. The van der Waals surface area contributed by atoms with Crippen molar-refractivity contribution in [1.29, 1.82) is 0 Å². The van der Waals surface area contributed by atoms with Gasteiger partial charge in [-0.15, -0.1) is 11.3 Å². The topological polar surface area (TPSA) is 66.6 Å². The normalized spacial score (nSPS) is 18.8. The Labute approximate surface area is 125 Å². The summed E-state index contributed by atoms with van der Waals surface area (Å²) in [7, 11) is -3.35. The summed E-state index contributed by atoms with van der Waals surface area (Å²) in [6.07, 6.45) is 1.73. The van der Waals surface area contributed by atoms with Gasteiger partial charge in [0.2, 0.25) is 0 Å². The van der Waals surface area contributed by atoms with Crippen molar-refractivity contribution in [3.05, 3.63) is 22.4 Å². The highest BCUT2D eigenvalue weighted by molar-refractivity contribution is 7.86. The van der Waals surface area contributed by atoms with Gasteiger partial charge in [-0.2, -0.15) is 17.0 Å². The third-order valence-electron chi connectivity index (χ3n) is 3.82. The average molecular weight is 317 g/mol. The summed E-state index contributed by atoms with van der Waals surface area (Å²) in [6, 6.07) is 3.93. The van der Waals surface area contributed by atoms with Crippen LogP contribution in [0.5, 0.6) is 0 Å². The van der Waals surface area contributed by atoms with E-state index in [1.807, 2.05) is 24.4 Å². The maximum atomic E-state index is 12.7. The van der Waals surface area contributed by atoms with Crippen molar-refractivity contribution >= 4 is 21.5 Å². The predicted molar refractivity (Wildman–Crippen MR) is 82.7 cm³/mol. The highest BCUT2D eigenvalue weighted by atomic mass is 32.2. The van der Waals surface area contributed by atoms with E-state index in [4.69, 9.17) is 5.73 Å². The molecule has 7 heteroatoms.